The third kappa shape index (κ3) is 6.00. The smallest absolute Gasteiger partial charge is 0.303 e. The summed E-state index contributed by atoms with van der Waals surface area (Å²) in [5, 5.41) is 11.4. The maximum Gasteiger partial charge on any atom is 0.303 e. The van der Waals surface area contributed by atoms with Gasteiger partial charge in [-0.1, -0.05) is 6.92 Å². The number of likely N-dealkylation sites (tertiary alicyclic amines) is 1. The summed E-state index contributed by atoms with van der Waals surface area (Å²) in [6, 6.07) is 0. The van der Waals surface area contributed by atoms with Crippen LogP contribution in [0.4, 0.5) is 0 Å². The number of rotatable bonds is 7. The molecule has 0 aliphatic carbocycles. The van der Waals surface area contributed by atoms with E-state index < -0.39 is 5.97 Å². The molecule has 18 heavy (non-hydrogen) atoms. The molecule has 0 aromatic rings. The number of aliphatic carboxylic acids is 1. The molecule has 2 N–H and O–H groups in total. The number of piperidine rings is 1. The van der Waals surface area contributed by atoms with Crippen LogP contribution in [0, 0.1) is 5.92 Å². The molecule has 104 valence electrons. The lowest BCUT2D eigenvalue weighted by Gasteiger charge is -2.31. The lowest BCUT2D eigenvalue weighted by atomic mass is 9.97. The average molecular weight is 256 g/mol. The molecule has 0 spiro atoms. The monoisotopic (exact) mass is 256 g/mol. The van der Waals surface area contributed by atoms with Gasteiger partial charge in [-0.05, 0) is 44.8 Å². The van der Waals surface area contributed by atoms with Gasteiger partial charge in [-0.15, -0.1) is 0 Å². The second-order valence-electron chi connectivity index (χ2n) is 4.93. The van der Waals surface area contributed by atoms with Crippen molar-refractivity contribution in [1.29, 1.82) is 0 Å². The van der Waals surface area contributed by atoms with Crippen LogP contribution in [0.1, 0.15) is 39.0 Å². The van der Waals surface area contributed by atoms with E-state index in [1.165, 1.54) is 0 Å². The first-order valence-corrected chi connectivity index (χ1v) is 6.82. The second-order valence-corrected chi connectivity index (χ2v) is 4.93. The predicted molar refractivity (Wildman–Crippen MR) is 69.3 cm³/mol. The highest BCUT2D eigenvalue weighted by Gasteiger charge is 2.18. The van der Waals surface area contributed by atoms with Gasteiger partial charge in [-0.2, -0.15) is 0 Å². The lowest BCUT2D eigenvalue weighted by molar-refractivity contribution is -0.137. The fourth-order valence-electron chi connectivity index (χ4n) is 2.25. The van der Waals surface area contributed by atoms with Gasteiger partial charge in [0.05, 0.1) is 0 Å². The third-order valence-electron chi connectivity index (χ3n) is 3.54. The summed E-state index contributed by atoms with van der Waals surface area (Å²) in [4.78, 5) is 24.2. The third-order valence-corrected chi connectivity index (χ3v) is 3.54. The minimum atomic E-state index is -0.838. The molecule has 5 heteroatoms. The van der Waals surface area contributed by atoms with Crippen LogP contribution in [0.3, 0.4) is 0 Å². The van der Waals surface area contributed by atoms with Crippen LogP contribution in [0.2, 0.25) is 0 Å². The first kappa shape index (κ1) is 15.0. The van der Waals surface area contributed by atoms with Gasteiger partial charge >= 0.3 is 5.97 Å². The highest BCUT2D eigenvalue weighted by Crippen LogP contribution is 2.15. The van der Waals surface area contributed by atoms with Gasteiger partial charge in [0.1, 0.15) is 0 Å². The highest BCUT2D eigenvalue weighted by atomic mass is 16.4. The summed E-state index contributed by atoms with van der Waals surface area (Å²) in [5.74, 6) is -0.278. The Morgan fingerprint density at radius 3 is 2.50 bits per heavy atom. The first-order valence-electron chi connectivity index (χ1n) is 6.82. The fourth-order valence-corrected chi connectivity index (χ4v) is 2.25. The number of carbonyl (C=O) groups excluding carboxylic acids is 1. The number of nitrogens with one attached hydrogen (secondary N) is 1. The van der Waals surface area contributed by atoms with Gasteiger partial charge in [0.25, 0.3) is 0 Å². The normalized spacial score (nSPS) is 17.6. The van der Waals surface area contributed by atoms with Gasteiger partial charge in [-0.25, -0.2) is 0 Å². The van der Waals surface area contributed by atoms with Gasteiger partial charge in [-0.3, -0.25) is 9.59 Å². The lowest BCUT2D eigenvalue weighted by Crippen LogP contribution is -2.38. The van der Waals surface area contributed by atoms with Crippen LogP contribution >= 0.6 is 0 Å². The molecule has 1 rings (SSSR count). The van der Waals surface area contributed by atoms with Crippen molar-refractivity contribution >= 4 is 11.9 Å². The molecule has 1 heterocycles. The van der Waals surface area contributed by atoms with Crippen molar-refractivity contribution in [2.24, 2.45) is 5.92 Å². The number of carboxylic acid groups (broad SMARTS) is 1. The summed E-state index contributed by atoms with van der Waals surface area (Å²) >= 11 is 0. The Hall–Kier alpha value is -1.10. The summed E-state index contributed by atoms with van der Waals surface area (Å²) in [6.45, 7) is 6.26. The molecule has 1 amide bonds. The van der Waals surface area contributed by atoms with E-state index in [0.29, 0.717) is 18.8 Å². The Balaban J connectivity index is 2.06. The molecule has 0 bridgehead atoms. The zero-order chi connectivity index (χ0) is 13.4. The SMILES string of the molecule is CCN1CCC(CNC(=O)CCCC(=O)O)CC1. The molecular formula is C13H24N2O3. The molecule has 0 atom stereocenters. The van der Waals surface area contributed by atoms with E-state index in [1.54, 1.807) is 0 Å². The minimum Gasteiger partial charge on any atom is -0.481 e. The van der Waals surface area contributed by atoms with Crippen LogP contribution in [0.25, 0.3) is 0 Å². The summed E-state index contributed by atoms with van der Waals surface area (Å²) in [6.07, 6.45) is 3.10. The molecule has 5 nitrogen and oxygen atoms in total. The van der Waals surface area contributed by atoms with E-state index in [1.807, 2.05) is 0 Å². The zero-order valence-electron chi connectivity index (χ0n) is 11.2. The Morgan fingerprint density at radius 2 is 1.94 bits per heavy atom. The molecule has 1 fully saturated rings. The molecule has 0 aromatic carbocycles. The molecule has 0 unspecified atom stereocenters. The maximum absolute atomic E-state index is 11.5. The number of carboxylic acids is 1. The van der Waals surface area contributed by atoms with Crippen LogP contribution < -0.4 is 5.32 Å². The van der Waals surface area contributed by atoms with E-state index in [0.717, 1.165) is 39.0 Å². The van der Waals surface area contributed by atoms with Crippen molar-refractivity contribution in [3.05, 3.63) is 0 Å². The Kier molecular flexibility index (Phi) is 6.72. The van der Waals surface area contributed by atoms with Gasteiger partial charge < -0.3 is 15.3 Å². The van der Waals surface area contributed by atoms with Crippen molar-refractivity contribution in [2.45, 2.75) is 39.0 Å². The highest BCUT2D eigenvalue weighted by molar-refractivity contribution is 5.76. The largest absolute Gasteiger partial charge is 0.481 e. The number of hydrogen-bond acceptors (Lipinski definition) is 3. The topological polar surface area (TPSA) is 69.6 Å². The Bertz CT molecular complexity index is 273. The maximum atomic E-state index is 11.5. The number of hydrogen-bond donors (Lipinski definition) is 2. The van der Waals surface area contributed by atoms with Crippen LogP contribution in [-0.4, -0.2) is 48.1 Å². The standard InChI is InChI=1S/C13H24N2O3/c1-2-15-8-6-11(7-9-15)10-14-12(16)4-3-5-13(17)18/h11H,2-10H2,1H3,(H,14,16)(H,17,18). The first-order chi connectivity index (χ1) is 8.61. The zero-order valence-corrected chi connectivity index (χ0v) is 11.2. The molecule has 0 radical (unpaired) electrons. The van der Waals surface area contributed by atoms with E-state index in [-0.39, 0.29) is 12.3 Å². The van der Waals surface area contributed by atoms with Gasteiger partial charge in [0, 0.05) is 19.4 Å². The van der Waals surface area contributed by atoms with E-state index in [4.69, 9.17) is 5.11 Å². The van der Waals surface area contributed by atoms with E-state index >= 15 is 0 Å². The van der Waals surface area contributed by atoms with Crippen LogP contribution in [0.5, 0.6) is 0 Å². The number of carbonyl (C=O) groups is 2. The van der Waals surface area contributed by atoms with Crippen molar-refractivity contribution in [3.63, 3.8) is 0 Å². The second kappa shape index (κ2) is 8.08. The molecule has 1 saturated heterocycles. The Morgan fingerprint density at radius 1 is 1.28 bits per heavy atom. The molecule has 1 aliphatic rings. The van der Waals surface area contributed by atoms with Crippen LogP contribution in [0.15, 0.2) is 0 Å². The van der Waals surface area contributed by atoms with Gasteiger partial charge in [0.2, 0.25) is 5.91 Å². The number of nitrogens with zero attached hydrogens (tertiary/aromatic N) is 1. The molecule has 0 aromatic heterocycles. The summed E-state index contributed by atoms with van der Waals surface area (Å²) in [5.41, 5.74) is 0. The Labute approximate surface area is 109 Å². The quantitative estimate of drug-likeness (QED) is 0.715. The van der Waals surface area contributed by atoms with Crippen molar-refractivity contribution < 1.29 is 14.7 Å². The van der Waals surface area contributed by atoms with Crippen molar-refractivity contribution in [1.82, 2.24) is 10.2 Å². The average Bonchev–Trinajstić information content (AvgIpc) is 2.36. The summed E-state index contributed by atoms with van der Waals surface area (Å²) < 4.78 is 0. The van der Waals surface area contributed by atoms with Crippen molar-refractivity contribution in [2.75, 3.05) is 26.2 Å². The van der Waals surface area contributed by atoms with E-state index in [9.17, 15) is 9.59 Å². The summed E-state index contributed by atoms with van der Waals surface area (Å²) in [7, 11) is 0. The molecular weight excluding hydrogens is 232 g/mol. The van der Waals surface area contributed by atoms with Crippen molar-refractivity contribution in [3.8, 4) is 0 Å². The fraction of sp³-hybridized carbons (Fsp3) is 0.846. The molecule has 1 aliphatic heterocycles. The van der Waals surface area contributed by atoms with Crippen LogP contribution in [-0.2, 0) is 9.59 Å². The minimum absolute atomic E-state index is 0.0193. The predicted octanol–water partition coefficient (Wildman–Crippen LogP) is 1.09. The van der Waals surface area contributed by atoms with Gasteiger partial charge in [0.15, 0.2) is 0 Å². The number of amides is 1. The molecule has 0 saturated carbocycles. The van der Waals surface area contributed by atoms with E-state index in [2.05, 4.69) is 17.1 Å².